The molecule has 0 amide bonds. The van der Waals surface area contributed by atoms with Gasteiger partial charge in [0.05, 0.1) is 13.5 Å². The van der Waals surface area contributed by atoms with Crippen LogP contribution >= 0.6 is 15.9 Å². The molecular weight excluding hydrogens is 418 g/mol. The van der Waals surface area contributed by atoms with Crippen molar-refractivity contribution in [3.8, 4) is 17.1 Å². The Balaban J connectivity index is 1.68. The first-order valence-corrected chi connectivity index (χ1v) is 10.3. The molecule has 0 spiro atoms. The Morgan fingerprint density at radius 1 is 1.04 bits per heavy atom. The number of benzene rings is 2. The zero-order valence-electron chi connectivity index (χ0n) is 16.0. The quantitative estimate of drug-likeness (QED) is 0.317. The van der Waals surface area contributed by atoms with E-state index in [1.807, 2.05) is 42.5 Å². The van der Waals surface area contributed by atoms with E-state index in [2.05, 4.69) is 33.9 Å². The summed E-state index contributed by atoms with van der Waals surface area (Å²) in [6.45, 7) is 2.19. The predicted octanol–water partition coefficient (Wildman–Crippen LogP) is 6.79. The summed E-state index contributed by atoms with van der Waals surface area (Å²) in [4.78, 5) is 4.61. The number of ether oxygens (including phenoxy) is 1. The number of aromatic nitrogens is 1. The Kier molecular flexibility index (Phi) is 5.53. The van der Waals surface area contributed by atoms with E-state index in [1.165, 1.54) is 5.56 Å². The Morgan fingerprint density at radius 3 is 2.57 bits per heavy atom. The van der Waals surface area contributed by atoms with Crippen LogP contribution in [0, 0.1) is 0 Å². The second kappa shape index (κ2) is 8.23. The number of halogens is 1. The van der Waals surface area contributed by atoms with E-state index in [4.69, 9.17) is 13.6 Å². The highest BCUT2D eigenvalue weighted by atomic mass is 79.9. The van der Waals surface area contributed by atoms with E-state index >= 15 is 0 Å². The van der Waals surface area contributed by atoms with Crippen LogP contribution in [-0.2, 0) is 12.8 Å². The summed E-state index contributed by atoms with van der Waals surface area (Å²) in [5, 5.41) is 1.13. The molecule has 0 radical (unpaired) electrons. The molecule has 2 aromatic carbocycles. The first-order valence-electron chi connectivity index (χ1n) is 9.48. The van der Waals surface area contributed by atoms with Gasteiger partial charge in [0.15, 0.2) is 10.4 Å². The van der Waals surface area contributed by atoms with Crippen LogP contribution in [-0.4, -0.2) is 12.1 Å². The number of para-hydroxylation sites is 1. The minimum Gasteiger partial charge on any atom is -0.497 e. The third-order valence-electron chi connectivity index (χ3n) is 4.85. The molecule has 0 N–H and O–H groups in total. The monoisotopic (exact) mass is 439 g/mol. The van der Waals surface area contributed by atoms with Gasteiger partial charge in [0.25, 0.3) is 0 Å². The van der Waals surface area contributed by atoms with Crippen LogP contribution in [0.25, 0.3) is 22.3 Å². The molecule has 144 valence electrons. The van der Waals surface area contributed by atoms with Crippen molar-refractivity contribution in [2.45, 2.75) is 32.6 Å². The Hall–Kier alpha value is -2.53. The molecule has 0 saturated carbocycles. The number of hydrogen-bond acceptors (Lipinski definition) is 4. The summed E-state index contributed by atoms with van der Waals surface area (Å²) in [5.74, 6) is 3.23. The topological polar surface area (TPSA) is 48.4 Å². The summed E-state index contributed by atoms with van der Waals surface area (Å²) in [6, 6.07) is 15.9. The number of furan rings is 1. The third kappa shape index (κ3) is 3.72. The third-order valence-corrected chi connectivity index (χ3v) is 5.39. The molecule has 0 bridgehead atoms. The van der Waals surface area contributed by atoms with Gasteiger partial charge in [-0.25, -0.2) is 4.98 Å². The summed E-state index contributed by atoms with van der Waals surface area (Å²) in [7, 11) is 1.66. The van der Waals surface area contributed by atoms with Gasteiger partial charge in [-0.3, -0.25) is 0 Å². The molecule has 0 atom stereocenters. The minimum absolute atomic E-state index is 0.602. The van der Waals surface area contributed by atoms with Crippen LogP contribution in [0.1, 0.15) is 37.0 Å². The lowest BCUT2D eigenvalue weighted by molar-refractivity contribution is 0.415. The minimum atomic E-state index is 0.602. The van der Waals surface area contributed by atoms with Crippen LogP contribution in [0.15, 0.2) is 62.0 Å². The fourth-order valence-electron chi connectivity index (χ4n) is 3.37. The lowest BCUT2D eigenvalue weighted by Crippen LogP contribution is -1.93. The molecule has 2 heterocycles. The number of nitrogens with zero attached hydrogens (tertiary/aromatic N) is 1. The summed E-state index contributed by atoms with van der Waals surface area (Å²) in [6.07, 6.45) is 3.75. The highest BCUT2D eigenvalue weighted by Gasteiger charge is 2.19. The summed E-state index contributed by atoms with van der Waals surface area (Å²) < 4.78 is 18.2. The summed E-state index contributed by atoms with van der Waals surface area (Å²) in [5.41, 5.74) is 3.04. The van der Waals surface area contributed by atoms with Crippen molar-refractivity contribution in [1.29, 1.82) is 0 Å². The van der Waals surface area contributed by atoms with E-state index in [1.54, 1.807) is 7.11 Å². The molecule has 4 rings (SSSR count). The lowest BCUT2D eigenvalue weighted by Gasteiger charge is -2.02. The average molecular weight is 440 g/mol. The van der Waals surface area contributed by atoms with Crippen molar-refractivity contribution in [3.05, 3.63) is 70.3 Å². The van der Waals surface area contributed by atoms with Gasteiger partial charge in [-0.2, -0.15) is 0 Å². The molecule has 0 aliphatic carbocycles. The molecule has 0 unspecified atom stereocenters. The Morgan fingerprint density at radius 2 is 1.82 bits per heavy atom. The van der Waals surface area contributed by atoms with Gasteiger partial charge in [-0.05, 0) is 52.7 Å². The second-order valence-electron chi connectivity index (χ2n) is 6.74. The SMILES string of the molecule is CCCCc1oc2ccccc2c1Cc1nc(Br)c(-c2ccc(OC)cc2)o1. The Bertz CT molecular complexity index is 1080. The van der Waals surface area contributed by atoms with Crippen LogP contribution < -0.4 is 4.74 Å². The van der Waals surface area contributed by atoms with Crippen molar-refractivity contribution >= 4 is 26.9 Å². The zero-order chi connectivity index (χ0) is 19.5. The standard InChI is InChI=1S/C23H22BrNO3/c1-3-4-8-20-18(17-7-5-6-9-19(17)27-20)14-21-25-23(24)22(28-21)15-10-12-16(26-2)13-11-15/h5-7,9-13H,3-4,8,14H2,1-2H3. The molecule has 0 saturated heterocycles. The largest absolute Gasteiger partial charge is 0.497 e. The number of hydrogen-bond donors (Lipinski definition) is 0. The van der Waals surface area contributed by atoms with Gasteiger partial charge in [-0.15, -0.1) is 0 Å². The van der Waals surface area contributed by atoms with Crippen molar-refractivity contribution in [3.63, 3.8) is 0 Å². The molecule has 28 heavy (non-hydrogen) atoms. The van der Waals surface area contributed by atoms with Crippen molar-refractivity contribution in [2.75, 3.05) is 7.11 Å². The van der Waals surface area contributed by atoms with Crippen molar-refractivity contribution in [2.24, 2.45) is 0 Å². The molecule has 0 aliphatic rings. The lowest BCUT2D eigenvalue weighted by atomic mass is 10.0. The molecule has 0 aliphatic heterocycles. The van der Waals surface area contributed by atoms with E-state index in [0.717, 1.165) is 53.1 Å². The van der Waals surface area contributed by atoms with E-state index in [0.29, 0.717) is 16.9 Å². The number of rotatable bonds is 7. The number of unbranched alkanes of at least 4 members (excludes halogenated alkanes) is 1. The average Bonchev–Trinajstić information content (AvgIpc) is 3.27. The van der Waals surface area contributed by atoms with Crippen LogP contribution in [0.3, 0.4) is 0 Å². The number of oxazole rings is 1. The fraction of sp³-hybridized carbons (Fsp3) is 0.261. The number of fused-ring (bicyclic) bond motifs is 1. The maximum Gasteiger partial charge on any atom is 0.200 e. The first kappa shape index (κ1) is 18.8. The normalized spacial score (nSPS) is 11.2. The molecule has 0 fully saturated rings. The first-order chi connectivity index (χ1) is 13.7. The molecular formula is C23H22BrNO3. The van der Waals surface area contributed by atoms with E-state index in [-0.39, 0.29) is 0 Å². The summed E-state index contributed by atoms with van der Waals surface area (Å²) >= 11 is 3.54. The molecule has 5 heteroatoms. The highest BCUT2D eigenvalue weighted by Crippen LogP contribution is 2.33. The maximum absolute atomic E-state index is 6.13. The molecule has 4 nitrogen and oxygen atoms in total. The zero-order valence-corrected chi connectivity index (χ0v) is 17.6. The number of aryl methyl sites for hydroxylation is 1. The van der Waals surface area contributed by atoms with Crippen molar-refractivity contribution < 1.29 is 13.6 Å². The maximum atomic E-state index is 6.13. The molecule has 4 aromatic rings. The van der Waals surface area contributed by atoms with Gasteiger partial charge in [-0.1, -0.05) is 31.5 Å². The van der Waals surface area contributed by atoms with Gasteiger partial charge in [0.2, 0.25) is 5.89 Å². The Labute approximate surface area is 172 Å². The van der Waals surface area contributed by atoms with Crippen LogP contribution in [0.2, 0.25) is 0 Å². The fourth-order valence-corrected chi connectivity index (χ4v) is 3.88. The van der Waals surface area contributed by atoms with E-state index in [9.17, 15) is 0 Å². The molecule has 2 aromatic heterocycles. The highest BCUT2D eigenvalue weighted by molar-refractivity contribution is 9.10. The second-order valence-corrected chi connectivity index (χ2v) is 7.49. The van der Waals surface area contributed by atoms with E-state index < -0.39 is 0 Å². The van der Waals surface area contributed by atoms with Crippen molar-refractivity contribution in [1.82, 2.24) is 4.98 Å². The predicted molar refractivity (Wildman–Crippen MR) is 114 cm³/mol. The van der Waals surface area contributed by atoms with Gasteiger partial charge >= 0.3 is 0 Å². The van der Waals surface area contributed by atoms with Gasteiger partial charge in [0.1, 0.15) is 17.1 Å². The van der Waals surface area contributed by atoms with Gasteiger partial charge < -0.3 is 13.6 Å². The van der Waals surface area contributed by atoms with Crippen LogP contribution in [0.5, 0.6) is 5.75 Å². The van der Waals surface area contributed by atoms with Gasteiger partial charge in [0, 0.05) is 22.9 Å². The van der Waals surface area contributed by atoms with Crippen LogP contribution in [0.4, 0.5) is 0 Å². The smallest absolute Gasteiger partial charge is 0.200 e. The number of methoxy groups -OCH3 is 1.